The highest BCUT2D eigenvalue weighted by Crippen LogP contribution is 2.15. The van der Waals surface area contributed by atoms with Crippen LogP contribution < -0.4 is 5.69 Å². The lowest BCUT2D eigenvalue weighted by Gasteiger charge is -2.33. The Morgan fingerprint density at radius 1 is 1.38 bits per heavy atom. The highest BCUT2D eigenvalue weighted by molar-refractivity contribution is 5.76. The molecule has 26 heavy (non-hydrogen) atoms. The summed E-state index contributed by atoms with van der Waals surface area (Å²) in [6, 6.07) is 5.66. The maximum absolute atomic E-state index is 12.6. The summed E-state index contributed by atoms with van der Waals surface area (Å²) in [4.78, 5) is 34.5. The van der Waals surface area contributed by atoms with Crippen LogP contribution in [0.4, 0.5) is 0 Å². The van der Waals surface area contributed by atoms with Crippen molar-refractivity contribution in [3.05, 3.63) is 58.0 Å². The van der Waals surface area contributed by atoms with Crippen LogP contribution in [0.2, 0.25) is 0 Å². The van der Waals surface area contributed by atoms with Crippen molar-refractivity contribution in [2.45, 2.75) is 45.9 Å². The average Bonchev–Trinajstić information content (AvgIpc) is 2.64. The third kappa shape index (κ3) is 4.54. The Labute approximate surface area is 152 Å². The third-order valence-electron chi connectivity index (χ3n) is 4.58. The van der Waals surface area contributed by atoms with Gasteiger partial charge in [-0.15, -0.1) is 0 Å². The normalized spacial score (nSPS) is 17.3. The predicted octanol–water partition coefficient (Wildman–Crippen LogP) is 1.46. The number of aromatic nitrogens is 3. The van der Waals surface area contributed by atoms with E-state index in [1.165, 1.54) is 4.57 Å². The van der Waals surface area contributed by atoms with E-state index < -0.39 is 0 Å². The molecule has 0 radical (unpaired) electrons. The molecular weight excluding hydrogens is 332 g/mol. The molecule has 1 atom stereocenters. The summed E-state index contributed by atoms with van der Waals surface area (Å²) < 4.78 is 7.37. The fourth-order valence-corrected chi connectivity index (χ4v) is 3.20. The zero-order chi connectivity index (χ0) is 18.5. The number of hydrogen-bond acceptors (Lipinski definition) is 5. The molecule has 0 saturated carbocycles. The van der Waals surface area contributed by atoms with E-state index in [9.17, 15) is 9.59 Å². The van der Waals surface area contributed by atoms with E-state index in [-0.39, 0.29) is 24.2 Å². The SMILES string of the molecule is Cc1cc(C)n(CC(=O)N2CCC[C@@H](OCc3cccnc3)C2)c(=O)n1. The molecule has 2 aromatic heterocycles. The van der Waals surface area contributed by atoms with Gasteiger partial charge < -0.3 is 9.64 Å². The van der Waals surface area contributed by atoms with E-state index >= 15 is 0 Å². The maximum atomic E-state index is 12.6. The summed E-state index contributed by atoms with van der Waals surface area (Å²) in [5, 5.41) is 0. The predicted molar refractivity (Wildman–Crippen MR) is 96.6 cm³/mol. The number of rotatable bonds is 5. The van der Waals surface area contributed by atoms with Crippen molar-refractivity contribution in [3.63, 3.8) is 0 Å². The van der Waals surface area contributed by atoms with Crippen molar-refractivity contribution in [2.24, 2.45) is 0 Å². The second kappa shape index (κ2) is 8.23. The Bertz CT molecular complexity index is 819. The Morgan fingerprint density at radius 2 is 2.23 bits per heavy atom. The van der Waals surface area contributed by atoms with Gasteiger partial charge in [-0.05, 0) is 44.4 Å². The van der Waals surface area contributed by atoms with Gasteiger partial charge in [0.25, 0.3) is 0 Å². The molecule has 0 spiro atoms. The summed E-state index contributed by atoms with van der Waals surface area (Å²) in [5.74, 6) is -0.0736. The Kier molecular flexibility index (Phi) is 5.78. The number of ether oxygens (including phenoxy) is 1. The van der Waals surface area contributed by atoms with Crippen LogP contribution in [0.5, 0.6) is 0 Å². The van der Waals surface area contributed by atoms with Crippen LogP contribution in [0.15, 0.2) is 35.4 Å². The quantitative estimate of drug-likeness (QED) is 0.811. The molecule has 0 unspecified atom stereocenters. The molecule has 1 fully saturated rings. The first-order chi connectivity index (χ1) is 12.5. The van der Waals surface area contributed by atoms with Gasteiger partial charge >= 0.3 is 5.69 Å². The average molecular weight is 356 g/mol. The van der Waals surface area contributed by atoms with Crippen LogP contribution in [0.25, 0.3) is 0 Å². The van der Waals surface area contributed by atoms with Gasteiger partial charge in [0, 0.05) is 36.9 Å². The monoisotopic (exact) mass is 356 g/mol. The van der Waals surface area contributed by atoms with E-state index in [4.69, 9.17) is 4.74 Å². The molecule has 3 rings (SSSR count). The maximum Gasteiger partial charge on any atom is 0.348 e. The molecule has 2 aromatic rings. The first-order valence-electron chi connectivity index (χ1n) is 8.86. The third-order valence-corrected chi connectivity index (χ3v) is 4.58. The van der Waals surface area contributed by atoms with Crippen molar-refractivity contribution >= 4 is 5.91 Å². The van der Waals surface area contributed by atoms with Crippen molar-refractivity contribution in [1.82, 2.24) is 19.4 Å². The van der Waals surface area contributed by atoms with Crippen LogP contribution in [0.1, 0.15) is 29.8 Å². The lowest BCUT2D eigenvalue weighted by Crippen LogP contribution is -2.45. The zero-order valence-electron chi connectivity index (χ0n) is 15.2. The van der Waals surface area contributed by atoms with Crippen molar-refractivity contribution in [2.75, 3.05) is 13.1 Å². The van der Waals surface area contributed by atoms with Crippen LogP contribution in [0.3, 0.4) is 0 Å². The molecule has 0 aliphatic carbocycles. The first-order valence-corrected chi connectivity index (χ1v) is 8.86. The van der Waals surface area contributed by atoms with Gasteiger partial charge in [0.2, 0.25) is 5.91 Å². The summed E-state index contributed by atoms with van der Waals surface area (Å²) in [6.45, 7) is 5.34. The van der Waals surface area contributed by atoms with Gasteiger partial charge in [-0.3, -0.25) is 14.3 Å². The standard InChI is InChI=1S/C19H24N4O3/c1-14-9-15(2)23(19(25)21-14)12-18(24)22-8-4-6-17(11-22)26-13-16-5-3-7-20-10-16/h3,5,7,9-10,17H,4,6,8,11-13H2,1-2H3/t17-/m1/s1. The lowest BCUT2D eigenvalue weighted by atomic mass is 10.1. The van der Waals surface area contributed by atoms with Crippen LogP contribution in [0, 0.1) is 13.8 Å². The summed E-state index contributed by atoms with van der Waals surface area (Å²) >= 11 is 0. The first kappa shape index (κ1) is 18.3. The van der Waals surface area contributed by atoms with E-state index in [0.717, 1.165) is 24.1 Å². The summed E-state index contributed by atoms with van der Waals surface area (Å²) in [6.07, 6.45) is 5.33. The zero-order valence-corrected chi connectivity index (χ0v) is 15.2. The number of carbonyl (C=O) groups is 1. The largest absolute Gasteiger partial charge is 0.372 e. The van der Waals surface area contributed by atoms with Crippen molar-refractivity contribution in [3.8, 4) is 0 Å². The van der Waals surface area contributed by atoms with Crippen LogP contribution >= 0.6 is 0 Å². The Balaban J connectivity index is 1.59. The molecule has 7 nitrogen and oxygen atoms in total. The number of aryl methyl sites for hydroxylation is 2. The van der Waals surface area contributed by atoms with E-state index in [1.807, 2.05) is 25.1 Å². The number of nitrogens with zero attached hydrogens (tertiary/aromatic N) is 4. The van der Waals surface area contributed by atoms with Crippen LogP contribution in [-0.2, 0) is 22.7 Å². The molecule has 7 heteroatoms. The molecule has 1 amide bonds. The van der Waals surface area contributed by atoms with Gasteiger partial charge in [0.1, 0.15) is 6.54 Å². The minimum atomic E-state index is -0.378. The van der Waals surface area contributed by atoms with Crippen molar-refractivity contribution in [1.29, 1.82) is 0 Å². The topological polar surface area (TPSA) is 77.3 Å². The highest BCUT2D eigenvalue weighted by Gasteiger charge is 2.25. The molecule has 1 aliphatic heterocycles. The second-order valence-electron chi connectivity index (χ2n) is 6.68. The molecule has 1 saturated heterocycles. The summed E-state index contributed by atoms with van der Waals surface area (Å²) in [5.41, 5.74) is 2.05. The van der Waals surface area contributed by atoms with E-state index in [0.29, 0.717) is 25.4 Å². The van der Waals surface area contributed by atoms with Gasteiger partial charge in [-0.25, -0.2) is 4.79 Å². The molecule has 3 heterocycles. The Hall–Kier alpha value is -2.54. The number of likely N-dealkylation sites (tertiary alicyclic amines) is 1. The smallest absolute Gasteiger partial charge is 0.348 e. The van der Waals surface area contributed by atoms with Crippen molar-refractivity contribution < 1.29 is 9.53 Å². The van der Waals surface area contributed by atoms with E-state index in [2.05, 4.69) is 9.97 Å². The van der Waals surface area contributed by atoms with Gasteiger partial charge in [0.05, 0.1) is 12.7 Å². The molecular formula is C19H24N4O3. The number of pyridine rings is 1. The minimum Gasteiger partial charge on any atom is -0.372 e. The number of piperidine rings is 1. The van der Waals surface area contributed by atoms with Crippen LogP contribution in [-0.4, -0.2) is 44.5 Å². The van der Waals surface area contributed by atoms with Gasteiger partial charge in [-0.2, -0.15) is 4.98 Å². The van der Waals surface area contributed by atoms with E-state index in [1.54, 1.807) is 24.2 Å². The number of carbonyl (C=O) groups excluding carboxylic acids is 1. The highest BCUT2D eigenvalue weighted by atomic mass is 16.5. The molecule has 0 aromatic carbocycles. The fraction of sp³-hybridized carbons (Fsp3) is 0.474. The van der Waals surface area contributed by atoms with Gasteiger partial charge in [-0.1, -0.05) is 6.07 Å². The summed E-state index contributed by atoms with van der Waals surface area (Å²) in [7, 11) is 0. The molecule has 1 aliphatic rings. The number of amides is 1. The molecule has 0 N–H and O–H groups in total. The molecule has 138 valence electrons. The fourth-order valence-electron chi connectivity index (χ4n) is 3.20. The number of hydrogen-bond donors (Lipinski definition) is 0. The van der Waals surface area contributed by atoms with Gasteiger partial charge in [0.15, 0.2) is 0 Å². The Morgan fingerprint density at radius 3 is 2.96 bits per heavy atom. The molecule has 0 bridgehead atoms. The lowest BCUT2D eigenvalue weighted by molar-refractivity contribution is -0.136. The minimum absolute atomic E-state index is 0.00173. The second-order valence-corrected chi connectivity index (χ2v) is 6.68.